The number of aromatic nitrogens is 2. The molecule has 1 heterocycles. The molecule has 0 aromatic carbocycles. The van der Waals surface area contributed by atoms with Crippen LogP contribution in [0.25, 0.3) is 0 Å². The summed E-state index contributed by atoms with van der Waals surface area (Å²) in [5.41, 5.74) is 1.08. The Hall–Kier alpha value is -0.990. The van der Waals surface area contributed by atoms with Gasteiger partial charge in [-0.3, -0.25) is 0 Å². The maximum absolute atomic E-state index is 4.36. The highest BCUT2D eigenvalue weighted by atomic mass is 15.2. The molecule has 1 aliphatic rings. The first-order valence-corrected chi connectivity index (χ1v) is 4.49. The van der Waals surface area contributed by atoms with Crippen LogP contribution >= 0.6 is 0 Å². The molecule has 12 heavy (non-hydrogen) atoms. The summed E-state index contributed by atoms with van der Waals surface area (Å²) in [5.74, 6) is 1.90. The van der Waals surface area contributed by atoms with Crippen molar-refractivity contribution in [2.75, 3.05) is 11.9 Å². The van der Waals surface area contributed by atoms with E-state index >= 15 is 0 Å². The van der Waals surface area contributed by atoms with Crippen molar-refractivity contribution in [2.45, 2.75) is 19.8 Å². The van der Waals surface area contributed by atoms with Gasteiger partial charge in [0.2, 0.25) is 5.95 Å². The van der Waals surface area contributed by atoms with Crippen molar-refractivity contribution in [2.24, 2.45) is 13.0 Å². The lowest BCUT2D eigenvalue weighted by molar-refractivity contribution is 0.841. The van der Waals surface area contributed by atoms with Gasteiger partial charge in [0.25, 0.3) is 0 Å². The molecular weight excluding hydrogens is 150 g/mol. The average Bonchev–Trinajstić information content (AvgIpc) is 2.76. The number of imidazole rings is 1. The second-order valence-electron chi connectivity index (χ2n) is 3.64. The third kappa shape index (κ3) is 1.60. The van der Waals surface area contributed by atoms with Gasteiger partial charge in [0.15, 0.2) is 0 Å². The van der Waals surface area contributed by atoms with Crippen LogP contribution in [0.3, 0.4) is 0 Å². The van der Waals surface area contributed by atoms with Crippen LogP contribution < -0.4 is 5.32 Å². The number of aryl methyl sites for hydroxylation is 2. The monoisotopic (exact) mass is 165 g/mol. The van der Waals surface area contributed by atoms with Gasteiger partial charge in [-0.05, 0) is 25.7 Å². The Kier molecular flexibility index (Phi) is 1.79. The minimum Gasteiger partial charge on any atom is -0.355 e. The molecule has 0 saturated heterocycles. The van der Waals surface area contributed by atoms with Crippen LogP contribution in [0.2, 0.25) is 0 Å². The normalized spacial score (nSPS) is 16.5. The van der Waals surface area contributed by atoms with Crippen LogP contribution in [0.1, 0.15) is 18.5 Å². The smallest absolute Gasteiger partial charge is 0.202 e. The largest absolute Gasteiger partial charge is 0.355 e. The fourth-order valence-electron chi connectivity index (χ4n) is 1.34. The van der Waals surface area contributed by atoms with Crippen LogP contribution in [-0.4, -0.2) is 16.1 Å². The van der Waals surface area contributed by atoms with Crippen LogP contribution in [0, 0.1) is 12.8 Å². The summed E-state index contributed by atoms with van der Waals surface area (Å²) in [6, 6.07) is 0. The Labute approximate surface area is 72.8 Å². The molecule has 0 unspecified atom stereocenters. The van der Waals surface area contributed by atoms with E-state index in [1.807, 2.05) is 24.7 Å². The second kappa shape index (κ2) is 2.81. The first kappa shape index (κ1) is 7.65. The van der Waals surface area contributed by atoms with E-state index in [4.69, 9.17) is 0 Å². The molecule has 0 amide bonds. The highest BCUT2D eigenvalue weighted by Gasteiger charge is 2.21. The van der Waals surface area contributed by atoms with Crippen molar-refractivity contribution in [3.05, 3.63) is 11.9 Å². The van der Waals surface area contributed by atoms with E-state index in [2.05, 4.69) is 10.3 Å². The van der Waals surface area contributed by atoms with Crippen molar-refractivity contribution in [3.8, 4) is 0 Å². The summed E-state index contributed by atoms with van der Waals surface area (Å²) in [6.07, 6.45) is 4.81. The number of hydrogen-bond acceptors (Lipinski definition) is 2. The molecule has 1 aromatic rings. The Morgan fingerprint density at radius 3 is 2.92 bits per heavy atom. The standard InChI is InChI=1S/C9H15N3/c1-7-6-12(2)9(11-7)10-5-8-3-4-8/h6,8H,3-5H2,1-2H3,(H,10,11). The minimum atomic E-state index is 0.905. The minimum absolute atomic E-state index is 0.905. The lowest BCUT2D eigenvalue weighted by Gasteiger charge is -2.03. The third-order valence-corrected chi connectivity index (χ3v) is 2.24. The van der Waals surface area contributed by atoms with Crippen molar-refractivity contribution < 1.29 is 0 Å². The molecule has 1 aliphatic carbocycles. The molecule has 0 atom stereocenters. The van der Waals surface area contributed by atoms with Gasteiger partial charge in [-0.2, -0.15) is 0 Å². The van der Waals surface area contributed by atoms with Gasteiger partial charge in [0.05, 0.1) is 5.69 Å². The lowest BCUT2D eigenvalue weighted by atomic mass is 10.4. The van der Waals surface area contributed by atoms with E-state index in [0.717, 1.165) is 24.1 Å². The van der Waals surface area contributed by atoms with Crippen molar-refractivity contribution in [1.29, 1.82) is 0 Å². The van der Waals surface area contributed by atoms with Crippen LogP contribution in [0.4, 0.5) is 5.95 Å². The quantitative estimate of drug-likeness (QED) is 0.736. The highest BCUT2D eigenvalue weighted by Crippen LogP contribution is 2.28. The van der Waals surface area contributed by atoms with E-state index in [1.165, 1.54) is 12.8 Å². The fraction of sp³-hybridized carbons (Fsp3) is 0.667. The van der Waals surface area contributed by atoms with Gasteiger partial charge >= 0.3 is 0 Å². The molecule has 0 aliphatic heterocycles. The lowest BCUT2D eigenvalue weighted by Crippen LogP contribution is -2.07. The number of nitrogens with zero attached hydrogens (tertiary/aromatic N) is 2. The summed E-state index contributed by atoms with van der Waals surface area (Å²) in [5, 5.41) is 3.35. The predicted octanol–water partition coefficient (Wildman–Crippen LogP) is 1.55. The summed E-state index contributed by atoms with van der Waals surface area (Å²) >= 11 is 0. The van der Waals surface area contributed by atoms with Gasteiger partial charge in [-0.1, -0.05) is 0 Å². The molecule has 1 saturated carbocycles. The molecule has 0 spiro atoms. The Morgan fingerprint density at radius 2 is 2.42 bits per heavy atom. The van der Waals surface area contributed by atoms with E-state index in [-0.39, 0.29) is 0 Å². The van der Waals surface area contributed by atoms with E-state index in [0.29, 0.717) is 0 Å². The van der Waals surface area contributed by atoms with Gasteiger partial charge in [-0.25, -0.2) is 4.98 Å². The number of rotatable bonds is 3. The van der Waals surface area contributed by atoms with Gasteiger partial charge < -0.3 is 9.88 Å². The van der Waals surface area contributed by atoms with Gasteiger partial charge in [0.1, 0.15) is 0 Å². The zero-order valence-corrected chi connectivity index (χ0v) is 7.67. The maximum atomic E-state index is 4.36. The maximum Gasteiger partial charge on any atom is 0.202 e. The Morgan fingerprint density at radius 1 is 1.67 bits per heavy atom. The molecule has 1 fully saturated rings. The summed E-state index contributed by atoms with van der Waals surface area (Å²) < 4.78 is 2.04. The molecule has 3 heteroatoms. The third-order valence-electron chi connectivity index (χ3n) is 2.24. The average molecular weight is 165 g/mol. The topological polar surface area (TPSA) is 29.9 Å². The first-order chi connectivity index (χ1) is 5.75. The van der Waals surface area contributed by atoms with Gasteiger partial charge in [-0.15, -0.1) is 0 Å². The van der Waals surface area contributed by atoms with Crippen LogP contribution in [-0.2, 0) is 7.05 Å². The van der Waals surface area contributed by atoms with Crippen LogP contribution in [0.5, 0.6) is 0 Å². The molecular formula is C9H15N3. The zero-order chi connectivity index (χ0) is 8.55. The first-order valence-electron chi connectivity index (χ1n) is 4.49. The number of nitrogens with one attached hydrogen (secondary N) is 1. The SMILES string of the molecule is Cc1cn(C)c(NCC2CC2)n1. The summed E-state index contributed by atoms with van der Waals surface area (Å²) in [4.78, 5) is 4.36. The zero-order valence-electron chi connectivity index (χ0n) is 7.67. The molecule has 0 bridgehead atoms. The molecule has 66 valence electrons. The highest BCUT2D eigenvalue weighted by molar-refractivity contribution is 5.28. The van der Waals surface area contributed by atoms with E-state index < -0.39 is 0 Å². The molecule has 2 rings (SSSR count). The Bertz CT molecular complexity index is 273. The van der Waals surface area contributed by atoms with E-state index in [1.54, 1.807) is 0 Å². The fourth-order valence-corrected chi connectivity index (χ4v) is 1.34. The van der Waals surface area contributed by atoms with Crippen LogP contribution in [0.15, 0.2) is 6.20 Å². The van der Waals surface area contributed by atoms with Gasteiger partial charge in [0, 0.05) is 19.8 Å². The second-order valence-corrected chi connectivity index (χ2v) is 3.64. The Balaban J connectivity index is 1.96. The molecule has 1 N–H and O–H groups in total. The summed E-state index contributed by atoms with van der Waals surface area (Å²) in [6.45, 7) is 3.10. The number of anilines is 1. The molecule has 3 nitrogen and oxygen atoms in total. The number of hydrogen-bond donors (Lipinski definition) is 1. The molecule has 0 radical (unpaired) electrons. The van der Waals surface area contributed by atoms with Crippen molar-refractivity contribution >= 4 is 5.95 Å². The summed E-state index contributed by atoms with van der Waals surface area (Å²) in [7, 11) is 2.02. The molecule has 1 aromatic heterocycles. The predicted molar refractivity (Wildman–Crippen MR) is 49.2 cm³/mol. The van der Waals surface area contributed by atoms with Crippen molar-refractivity contribution in [3.63, 3.8) is 0 Å². The van der Waals surface area contributed by atoms with E-state index in [9.17, 15) is 0 Å². The van der Waals surface area contributed by atoms with Crippen molar-refractivity contribution in [1.82, 2.24) is 9.55 Å².